The summed E-state index contributed by atoms with van der Waals surface area (Å²) in [5, 5.41) is 12.0. The Bertz CT molecular complexity index is 509. The summed E-state index contributed by atoms with van der Waals surface area (Å²) in [6.45, 7) is 2.12. The molecule has 3 rings (SSSR count). The van der Waals surface area contributed by atoms with E-state index in [4.69, 9.17) is 5.11 Å². The van der Waals surface area contributed by atoms with Crippen molar-refractivity contribution in [3.63, 3.8) is 0 Å². The number of pyridine rings is 1. The van der Waals surface area contributed by atoms with Crippen LogP contribution in [0.1, 0.15) is 29.6 Å². The normalized spacial score (nSPS) is 26.4. The van der Waals surface area contributed by atoms with Crippen LogP contribution in [0.2, 0.25) is 0 Å². The first-order valence-electron chi connectivity index (χ1n) is 6.55. The van der Waals surface area contributed by atoms with Gasteiger partial charge in [0.2, 0.25) is 0 Å². The number of hydrogen-bond donors (Lipinski definition) is 2. The van der Waals surface area contributed by atoms with Crippen molar-refractivity contribution in [1.29, 1.82) is 0 Å². The fourth-order valence-electron chi connectivity index (χ4n) is 3.14. The maximum Gasteiger partial charge on any atom is 0.338 e. The van der Waals surface area contributed by atoms with Crippen LogP contribution in [0.3, 0.4) is 0 Å². The summed E-state index contributed by atoms with van der Waals surface area (Å²) in [4.78, 5) is 17.2. The molecule has 3 heterocycles. The molecule has 0 radical (unpaired) electrons. The summed E-state index contributed by atoms with van der Waals surface area (Å²) in [6, 6.07) is 1.77. The second-order valence-electron chi connectivity index (χ2n) is 5.11. The Labute approximate surface area is 110 Å². The zero-order valence-electron chi connectivity index (χ0n) is 10.5. The highest BCUT2D eigenvalue weighted by molar-refractivity contribution is 5.88. The highest BCUT2D eigenvalue weighted by Crippen LogP contribution is 2.30. The molecule has 0 aliphatic carbocycles. The molecule has 0 saturated carbocycles. The third kappa shape index (κ3) is 2.16. The Morgan fingerprint density at radius 3 is 3.11 bits per heavy atom. The molecule has 102 valence electrons. The number of carboxylic acid groups (broad SMARTS) is 1. The molecule has 2 aliphatic rings. The topological polar surface area (TPSA) is 65.5 Å². The standard InChI is InChI=1S/C13H16FN3O2/c14-11-8(13(18)19)3-5-15-12(11)16-9-4-7-17-6-1-2-10(9)17/h3,5,9-10H,1-2,4,6-7H2,(H,15,16)(H,18,19). The second-order valence-corrected chi connectivity index (χ2v) is 5.11. The average Bonchev–Trinajstić information content (AvgIpc) is 2.96. The monoisotopic (exact) mass is 265 g/mol. The van der Waals surface area contributed by atoms with Crippen LogP contribution in [0.5, 0.6) is 0 Å². The molecular formula is C13H16FN3O2. The maximum atomic E-state index is 14.0. The van der Waals surface area contributed by atoms with Crippen LogP contribution < -0.4 is 5.32 Å². The van der Waals surface area contributed by atoms with Gasteiger partial charge >= 0.3 is 5.97 Å². The number of fused-ring (bicyclic) bond motifs is 1. The first-order chi connectivity index (χ1) is 9.16. The maximum absolute atomic E-state index is 14.0. The Hall–Kier alpha value is -1.69. The summed E-state index contributed by atoms with van der Waals surface area (Å²) in [5.74, 6) is -1.98. The van der Waals surface area contributed by atoms with E-state index in [2.05, 4.69) is 15.2 Å². The summed E-state index contributed by atoms with van der Waals surface area (Å²) < 4.78 is 14.0. The first kappa shape index (κ1) is 12.3. The van der Waals surface area contributed by atoms with Crippen LogP contribution in [-0.2, 0) is 0 Å². The molecule has 19 heavy (non-hydrogen) atoms. The van der Waals surface area contributed by atoms with Crippen molar-refractivity contribution >= 4 is 11.8 Å². The summed E-state index contributed by atoms with van der Waals surface area (Å²) in [5.41, 5.74) is -0.334. The molecule has 2 unspecified atom stereocenters. The van der Waals surface area contributed by atoms with Gasteiger partial charge in [0.15, 0.2) is 11.6 Å². The van der Waals surface area contributed by atoms with Gasteiger partial charge in [-0.05, 0) is 31.9 Å². The molecular weight excluding hydrogens is 249 g/mol. The minimum atomic E-state index is -1.27. The Morgan fingerprint density at radius 1 is 1.47 bits per heavy atom. The third-order valence-electron chi connectivity index (χ3n) is 4.05. The molecule has 6 heteroatoms. The molecule has 0 amide bonds. The van der Waals surface area contributed by atoms with E-state index in [9.17, 15) is 9.18 Å². The molecule has 0 bridgehead atoms. The minimum Gasteiger partial charge on any atom is -0.478 e. The van der Waals surface area contributed by atoms with Gasteiger partial charge in [-0.25, -0.2) is 14.2 Å². The Morgan fingerprint density at radius 2 is 2.32 bits per heavy atom. The van der Waals surface area contributed by atoms with Gasteiger partial charge in [0, 0.05) is 24.8 Å². The number of aromatic nitrogens is 1. The van der Waals surface area contributed by atoms with Crippen LogP contribution in [0.15, 0.2) is 12.3 Å². The number of nitrogens with zero attached hydrogens (tertiary/aromatic N) is 2. The minimum absolute atomic E-state index is 0.0543. The van der Waals surface area contributed by atoms with Gasteiger partial charge in [0.1, 0.15) is 5.56 Å². The van der Waals surface area contributed by atoms with E-state index >= 15 is 0 Å². The SMILES string of the molecule is O=C(O)c1ccnc(NC2CCN3CCCC23)c1F. The Kier molecular flexibility index (Phi) is 3.10. The van der Waals surface area contributed by atoms with Crippen molar-refractivity contribution in [1.82, 2.24) is 9.88 Å². The van der Waals surface area contributed by atoms with E-state index in [-0.39, 0.29) is 17.4 Å². The molecule has 2 N–H and O–H groups in total. The van der Waals surface area contributed by atoms with Gasteiger partial charge < -0.3 is 10.4 Å². The predicted molar refractivity (Wildman–Crippen MR) is 67.8 cm³/mol. The average molecular weight is 265 g/mol. The molecule has 2 fully saturated rings. The van der Waals surface area contributed by atoms with Crippen molar-refractivity contribution in [3.05, 3.63) is 23.6 Å². The zero-order valence-corrected chi connectivity index (χ0v) is 10.5. The van der Waals surface area contributed by atoms with Gasteiger partial charge in [0.25, 0.3) is 0 Å². The van der Waals surface area contributed by atoms with Crippen LogP contribution in [0.4, 0.5) is 10.2 Å². The number of carboxylic acids is 1. The van der Waals surface area contributed by atoms with Crippen molar-refractivity contribution in [2.75, 3.05) is 18.4 Å². The molecule has 1 aromatic heterocycles. The predicted octanol–water partition coefficient (Wildman–Crippen LogP) is 1.57. The molecule has 5 nitrogen and oxygen atoms in total. The lowest BCUT2D eigenvalue weighted by atomic mass is 10.1. The van der Waals surface area contributed by atoms with Gasteiger partial charge in [-0.15, -0.1) is 0 Å². The fourth-order valence-corrected chi connectivity index (χ4v) is 3.14. The van der Waals surface area contributed by atoms with E-state index in [0.717, 1.165) is 25.9 Å². The Balaban J connectivity index is 1.80. The second kappa shape index (κ2) is 4.77. The largest absolute Gasteiger partial charge is 0.478 e. The van der Waals surface area contributed by atoms with Gasteiger partial charge in [-0.1, -0.05) is 0 Å². The third-order valence-corrected chi connectivity index (χ3v) is 4.05. The smallest absolute Gasteiger partial charge is 0.338 e. The van der Waals surface area contributed by atoms with E-state index in [1.54, 1.807) is 0 Å². The fraction of sp³-hybridized carbons (Fsp3) is 0.538. The van der Waals surface area contributed by atoms with Gasteiger partial charge in [-0.3, -0.25) is 4.90 Å². The lowest BCUT2D eigenvalue weighted by molar-refractivity contribution is 0.0692. The number of rotatable bonds is 3. The molecule has 2 aliphatic heterocycles. The molecule has 0 aromatic carbocycles. The van der Waals surface area contributed by atoms with Crippen molar-refractivity contribution in [2.45, 2.75) is 31.3 Å². The van der Waals surface area contributed by atoms with Gasteiger partial charge in [-0.2, -0.15) is 0 Å². The molecule has 2 saturated heterocycles. The molecule has 1 aromatic rings. The lowest BCUT2D eigenvalue weighted by Crippen LogP contribution is -2.34. The van der Waals surface area contributed by atoms with Crippen LogP contribution in [0, 0.1) is 5.82 Å². The number of halogens is 1. The van der Waals surface area contributed by atoms with E-state index in [1.807, 2.05) is 0 Å². The van der Waals surface area contributed by atoms with Crippen molar-refractivity contribution in [3.8, 4) is 0 Å². The molecule has 2 atom stereocenters. The van der Waals surface area contributed by atoms with E-state index < -0.39 is 11.8 Å². The number of nitrogens with one attached hydrogen (secondary N) is 1. The van der Waals surface area contributed by atoms with Crippen LogP contribution in [-0.4, -0.2) is 46.1 Å². The molecule has 0 spiro atoms. The number of aromatic carboxylic acids is 1. The highest BCUT2D eigenvalue weighted by atomic mass is 19.1. The van der Waals surface area contributed by atoms with Crippen molar-refractivity contribution < 1.29 is 14.3 Å². The quantitative estimate of drug-likeness (QED) is 0.868. The number of carbonyl (C=O) groups is 1. The number of anilines is 1. The number of hydrogen-bond acceptors (Lipinski definition) is 4. The van der Waals surface area contributed by atoms with Gasteiger partial charge in [0.05, 0.1) is 0 Å². The van der Waals surface area contributed by atoms with Crippen LogP contribution in [0.25, 0.3) is 0 Å². The summed E-state index contributed by atoms with van der Waals surface area (Å²) in [6.07, 6.45) is 4.56. The van der Waals surface area contributed by atoms with Crippen LogP contribution >= 0.6 is 0 Å². The van der Waals surface area contributed by atoms with E-state index in [0.29, 0.717) is 6.04 Å². The van der Waals surface area contributed by atoms with E-state index in [1.165, 1.54) is 18.7 Å². The first-order valence-corrected chi connectivity index (χ1v) is 6.55. The van der Waals surface area contributed by atoms with Crippen molar-refractivity contribution in [2.24, 2.45) is 0 Å². The highest BCUT2D eigenvalue weighted by Gasteiger charge is 2.37. The summed E-state index contributed by atoms with van der Waals surface area (Å²) >= 11 is 0. The lowest BCUT2D eigenvalue weighted by Gasteiger charge is -2.22. The zero-order chi connectivity index (χ0) is 13.4. The summed E-state index contributed by atoms with van der Waals surface area (Å²) in [7, 11) is 0.